The molecule has 0 aliphatic rings. The lowest BCUT2D eigenvalue weighted by Crippen LogP contribution is -2.05. The molecule has 0 aliphatic heterocycles. The van der Waals surface area contributed by atoms with E-state index in [1.807, 2.05) is 5.38 Å². The van der Waals surface area contributed by atoms with Crippen molar-refractivity contribution in [3.8, 4) is 11.5 Å². The van der Waals surface area contributed by atoms with Gasteiger partial charge in [-0.1, -0.05) is 0 Å². The lowest BCUT2D eigenvalue weighted by atomic mass is 10.2. The lowest BCUT2D eigenvalue weighted by Gasteiger charge is -1.91. The zero-order valence-electron chi connectivity index (χ0n) is 8.63. The molecule has 0 amide bonds. The van der Waals surface area contributed by atoms with Crippen molar-refractivity contribution in [2.75, 3.05) is 0 Å². The second-order valence-corrected chi connectivity index (χ2v) is 4.02. The highest BCUT2D eigenvalue weighted by Crippen LogP contribution is 2.28. The van der Waals surface area contributed by atoms with Gasteiger partial charge in [0.05, 0.1) is 5.56 Å². The van der Waals surface area contributed by atoms with Crippen LogP contribution < -0.4 is 0 Å². The highest BCUT2D eigenvalue weighted by Gasteiger charge is 2.25. The minimum absolute atomic E-state index is 0.0125. The Hall–Kier alpha value is -2.15. The standard InChI is InChI=1S/C10H7NO5S/c1-4-2-17-3-5(4)8-11-6(9(12)13)7(16-8)10(14)15/h2-3H,1H3,(H,12,13)(H,14,15). The molecule has 0 aromatic carbocycles. The van der Waals surface area contributed by atoms with Crippen molar-refractivity contribution in [1.82, 2.24) is 4.98 Å². The van der Waals surface area contributed by atoms with E-state index >= 15 is 0 Å². The average Bonchev–Trinajstić information content (AvgIpc) is 2.82. The van der Waals surface area contributed by atoms with Crippen molar-refractivity contribution in [2.45, 2.75) is 6.92 Å². The molecule has 0 atom stereocenters. The quantitative estimate of drug-likeness (QED) is 0.868. The number of thiophene rings is 1. The van der Waals surface area contributed by atoms with Crippen LogP contribution in [0.2, 0.25) is 0 Å². The lowest BCUT2D eigenvalue weighted by molar-refractivity contribution is 0.0624. The van der Waals surface area contributed by atoms with Crippen LogP contribution in [0.1, 0.15) is 26.6 Å². The molecule has 2 heterocycles. The third kappa shape index (κ3) is 1.92. The zero-order valence-corrected chi connectivity index (χ0v) is 9.45. The smallest absolute Gasteiger partial charge is 0.374 e. The molecule has 0 radical (unpaired) electrons. The van der Waals surface area contributed by atoms with Gasteiger partial charge in [0, 0.05) is 5.38 Å². The average molecular weight is 253 g/mol. The normalized spacial score (nSPS) is 10.4. The van der Waals surface area contributed by atoms with Gasteiger partial charge in [-0.15, -0.1) is 0 Å². The number of hydrogen-bond acceptors (Lipinski definition) is 5. The number of rotatable bonds is 3. The number of aromatic nitrogens is 1. The van der Waals surface area contributed by atoms with Crippen LogP contribution in [0.3, 0.4) is 0 Å². The number of oxazole rings is 1. The molecule has 2 rings (SSSR count). The van der Waals surface area contributed by atoms with E-state index in [1.165, 1.54) is 11.3 Å². The van der Waals surface area contributed by atoms with Gasteiger partial charge in [-0.2, -0.15) is 11.3 Å². The maximum Gasteiger partial charge on any atom is 0.374 e. The number of aromatic carboxylic acids is 2. The topological polar surface area (TPSA) is 101 Å². The van der Waals surface area contributed by atoms with Gasteiger partial charge in [-0.05, 0) is 17.9 Å². The Balaban J connectivity index is 2.59. The van der Waals surface area contributed by atoms with Crippen molar-refractivity contribution in [3.05, 3.63) is 27.8 Å². The second kappa shape index (κ2) is 4.02. The van der Waals surface area contributed by atoms with Crippen LogP contribution in [-0.4, -0.2) is 27.1 Å². The minimum Gasteiger partial charge on any atom is -0.476 e. The summed E-state index contributed by atoms with van der Waals surface area (Å²) >= 11 is 1.40. The first-order valence-corrected chi connectivity index (χ1v) is 5.45. The van der Waals surface area contributed by atoms with Gasteiger partial charge in [0.15, 0.2) is 0 Å². The molecule has 2 aromatic rings. The van der Waals surface area contributed by atoms with Gasteiger partial charge < -0.3 is 14.6 Å². The molecule has 2 aromatic heterocycles. The SMILES string of the molecule is Cc1cscc1-c1nc(C(=O)O)c(C(=O)O)o1. The summed E-state index contributed by atoms with van der Waals surface area (Å²) in [5, 5.41) is 21.2. The van der Waals surface area contributed by atoms with Crippen LogP contribution >= 0.6 is 11.3 Å². The fourth-order valence-corrected chi connectivity index (χ4v) is 2.13. The fraction of sp³-hybridized carbons (Fsp3) is 0.100. The highest BCUT2D eigenvalue weighted by atomic mass is 32.1. The summed E-state index contributed by atoms with van der Waals surface area (Å²) < 4.78 is 4.98. The Bertz CT molecular complexity index is 566. The van der Waals surface area contributed by atoms with Crippen molar-refractivity contribution >= 4 is 23.3 Å². The summed E-state index contributed by atoms with van der Waals surface area (Å²) in [5.74, 6) is -3.52. The van der Waals surface area contributed by atoms with Crippen LogP contribution in [0.15, 0.2) is 15.2 Å². The Morgan fingerprint density at radius 2 is 2.00 bits per heavy atom. The van der Waals surface area contributed by atoms with Crippen molar-refractivity contribution in [3.63, 3.8) is 0 Å². The van der Waals surface area contributed by atoms with Crippen LogP contribution in [0, 0.1) is 6.92 Å². The second-order valence-electron chi connectivity index (χ2n) is 3.28. The van der Waals surface area contributed by atoms with Crippen LogP contribution in [0.25, 0.3) is 11.5 Å². The summed E-state index contributed by atoms with van der Waals surface area (Å²) in [6.07, 6.45) is 0. The molecule has 0 saturated heterocycles. The van der Waals surface area contributed by atoms with E-state index in [0.717, 1.165) is 5.56 Å². The van der Waals surface area contributed by atoms with E-state index in [2.05, 4.69) is 4.98 Å². The summed E-state index contributed by atoms with van der Waals surface area (Å²) in [7, 11) is 0. The molecule has 7 heteroatoms. The van der Waals surface area contributed by atoms with Crippen molar-refractivity contribution in [1.29, 1.82) is 0 Å². The summed E-state index contributed by atoms with van der Waals surface area (Å²) in [4.78, 5) is 25.3. The van der Waals surface area contributed by atoms with Gasteiger partial charge in [-0.3, -0.25) is 0 Å². The number of carboxylic acid groups (broad SMARTS) is 2. The molecule has 0 saturated carbocycles. The molecular weight excluding hydrogens is 246 g/mol. The van der Waals surface area contributed by atoms with E-state index in [0.29, 0.717) is 5.56 Å². The summed E-state index contributed by atoms with van der Waals surface area (Å²) in [5.41, 5.74) is 0.869. The van der Waals surface area contributed by atoms with E-state index in [-0.39, 0.29) is 5.89 Å². The van der Waals surface area contributed by atoms with Crippen LogP contribution in [-0.2, 0) is 0 Å². The third-order valence-electron chi connectivity index (χ3n) is 2.11. The molecule has 2 N–H and O–H groups in total. The number of aryl methyl sites for hydroxylation is 1. The molecule has 0 bridgehead atoms. The van der Waals surface area contributed by atoms with Crippen LogP contribution in [0.5, 0.6) is 0 Å². The van der Waals surface area contributed by atoms with Crippen molar-refractivity contribution in [2.24, 2.45) is 0 Å². The Morgan fingerprint density at radius 1 is 1.29 bits per heavy atom. The monoisotopic (exact) mass is 253 g/mol. The molecule has 0 spiro atoms. The molecule has 88 valence electrons. The Morgan fingerprint density at radius 3 is 2.41 bits per heavy atom. The van der Waals surface area contributed by atoms with Gasteiger partial charge in [0.1, 0.15) is 0 Å². The summed E-state index contributed by atoms with van der Waals surface area (Å²) in [6, 6.07) is 0. The van der Waals surface area contributed by atoms with E-state index in [1.54, 1.807) is 12.3 Å². The van der Waals surface area contributed by atoms with Gasteiger partial charge in [-0.25, -0.2) is 14.6 Å². The third-order valence-corrected chi connectivity index (χ3v) is 2.97. The molecule has 0 unspecified atom stereocenters. The fourth-order valence-electron chi connectivity index (χ4n) is 1.30. The predicted molar refractivity (Wildman–Crippen MR) is 58.5 cm³/mol. The number of nitrogens with zero attached hydrogens (tertiary/aromatic N) is 1. The first kappa shape index (κ1) is 11.3. The first-order valence-electron chi connectivity index (χ1n) is 4.51. The van der Waals surface area contributed by atoms with E-state index in [4.69, 9.17) is 14.6 Å². The van der Waals surface area contributed by atoms with Crippen LogP contribution in [0.4, 0.5) is 0 Å². The molecule has 0 fully saturated rings. The first-order chi connectivity index (χ1) is 8.00. The highest BCUT2D eigenvalue weighted by molar-refractivity contribution is 7.08. The minimum atomic E-state index is -1.45. The summed E-state index contributed by atoms with van der Waals surface area (Å²) in [6.45, 7) is 1.80. The number of carbonyl (C=O) groups is 2. The largest absolute Gasteiger partial charge is 0.476 e. The maximum atomic E-state index is 10.8. The predicted octanol–water partition coefficient (Wildman–Crippen LogP) is 2.11. The maximum absolute atomic E-state index is 10.8. The molecular formula is C10H7NO5S. The van der Waals surface area contributed by atoms with Gasteiger partial charge in [0.2, 0.25) is 17.3 Å². The molecule has 17 heavy (non-hydrogen) atoms. The van der Waals surface area contributed by atoms with Crippen molar-refractivity contribution < 1.29 is 24.2 Å². The van der Waals surface area contributed by atoms with Gasteiger partial charge >= 0.3 is 11.9 Å². The van der Waals surface area contributed by atoms with Gasteiger partial charge in [0.25, 0.3) is 0 Å². The van der Waals surface area contributed by atoms with E-state index < -0.39 is 23.4 Å². The number of carboxylic acids is 2. The number of hydrogen-bond donors (Lipinski definition) is 2. The Labute approximate surface area is 99.1 Å². The molecule has 0 aliphatic carbocycles. The Kier molecular flexibility index (Phi) is 2.68. The molecule has 6 nitrogen and oxygen atoms in total. The zero-order chi connectivity index (χ0) is 12.6. The van der Waals surface area contributed by atoms with E-state index in [9.17, 15) is 9.59 Å².